The van der Waals surface area contributed by atoms with Crippen molar-refractivity contribution in [2.24, 2.45) is 0 Å². The lowest BCUT2D eigenvalue weighted by molar-refractivity contribution is -0.137. The highest BCUT2D eigenvalue weighted by molar-refractivity contribution is 7.80. The zero-order valence-corrected chi connectivity index (χ0v) is 17.2. The monoisotopic (exact) mass is 449 g/mol. The Balaban J connectivity index is 1.50. The number of carbonyl (C=O) groups excluding carboxylic acids is 1. The van der Waals surface area contributed by atoms with Crippen LogP contribution in [0.4, 0.5) is 18.9 Å². The molecule has 5 rings (SSSR count). The lowest BCUT2D eigenvalue weighted by Crippen LogP contribution is -2.52. The zero-order chi connectivity index (χ0) is 22.0. The number of amides is 1. The van der Waals surface area contributed by atoms with E-state index < -0.39 is 17.3 Å². The number of nitrogens with zero attached hydrogens (tertiary/aromatic N) is 2. The maximum atomic E-state index is 13.7. The number of fused-ring (bicyclic) bond motifs is 1. The SMILES string of the molecule is CN1C[C@@H](c2ccc3c(c2)OCO3)[C@]2(C1)NC(=S)N(c1ccc(C(F)(F)F)cc1)C2=O. The lowest BCUT2D eigenvalue weighted by atomic mass is 9.81. The van der Waals surface area contributed by atoms with Gasteiger partial charge in [-0.3, -0.25) is 9.69 Å². The van der Waals surface area contributed by atoms with Gasteiger partial charge in [-0.05, 0) is 61.2 Å². The first-order valence-electron chi connectivity index (χ1n) is 9.61. The summed E-state index contributed by atoms with van der Waals surface area (Å²) in [5.41, 5.74) is -0.615. The molecule has 31 heavy (non-hydrogen) atoms. The second-order valence-corrected chi connectivity index (χ2v) is 8.34. The Kier molecular flexibility index (Phi) is 4.42. The number of nitrogens with one attached hydrogen (secondary N) is 1. The van der Waals surface area contributed by atoms with E-state index in [4.69, 9.17) is 21.7 Å². The van der Waals surface area contributed by atoms with Crippen LogP contribution in [-0.2, 0) is 11.0 Å². The number of halogens is 3. The van der Waals surface area contributed by atoms with Crippen molar-refractivity contribution in [3.8, 4) is 11.5 Å². The molecule has 0 bridgehead atoms. The minimum Gasteiger partial charge on any atom is -0.454 e. The van der Waals surface area contributed by atoms with Crippen molar-refractivity contribution in [2.45, 2.75) is 17.6 Å². The molecular formula is C21H18F3N3O3S. The van der Waals surface area contributed by atoms with E-state index in [0.29, 0.717) is 30.3 Å². The van der Waals surface area contributed by atoms with Gasteiger partial charge in [0.15, 0.2) is 16.6 Å². The highest BCUT2D eigenvalue weighted by atomic mass is 32.1. The molecule has 0 radical (unpaired) electrons. The number of alkyl halides is 3. The van der Waals surface area contributed by atoms with E-state index in [1.807, 2.05) is 30.1 Å². The summed E-state index contributed by atoms with van der Waals surface area (Å²) >= 11 is 5.44. The van der Waals surface area contributed by atoms with Gasteiger partial charge in [0.2, 0.25) is 6.79 Å². The van der Waals surface area contributed by atoms with Crippen LogP contribution in [0.2, 0.25) is 0 Å². The smallest absolute Gasteiger partial charge is 0.416 e. The number of thiocarbonyl (C=S) groups is 1. The number of likely N-dealkylation sites (tertiary alicyclic amines) is 1. The standard InChI is InChI=1S/C21H18F3N3O3S/c1-26-9-15(12-2-7-16-17(8-12)30-11-29-16)20(10-26)18(28)27(19(31)25-20)14-5-3-13(4-6-14)21(22,23)24/h2-8,15H,9-11H2,1H3,(H,25,31)/t15-,20-/m0/s1. The van der Waals surface area contributed by atoms with E-state index in [-0.39, 0.29) is 23.7 Å². The Bertz CT molecular complexity index is 1080. The second-order valence-electron chi connectivity index (χ2n) is 7.95. The quantitative estimate of drug-likeness (QED) is 0.712. The molecule has 0 aliphatic carbocycles. The van der Waals surface area contributed by atoms with Crippen LogP contribution in [-0.4, -0.2) is 48.4 Å². The molecule has 3 aliphatic heterocycles. The largest absolute Gasteiger partial charge is 0.454 e. The van der Waals surface area contributed by atoms with Gasteiger partial charge in [0.05, 0.1) is 11.3 Å². The molecule has 162 valence electrons. The summed E-state index contributed by atoms with van der Waals surface area (Å²) < 4.78 is 49.6. The van der Waals surface area contributed by atoms with Gasteiger partial charge in [-0.2, -0.15) is 13.2 Å². The number of likely N-dealkylation sites (N-methyl/N-ethyl adjacent to an activating group) is 1. The van der Waals surface area contributed by atoms with Crippen molar-refractivity contribution >= 4 is 28.9 Å². The van der Waals surface area contributed by atoms with Crippen LogP contribution in [0.25, 0.3) is 0 Å². The predicted molar refractivity (Wildman–Crippen MR) is 110 cm³/mol. The van der Waals surface area contributed by atoms with Crippen molar-refractivity contribution in [1.82, 2.24) is 10.2 Å². The van der Waals surface area contributed by atoms with Gasteiger partial charge >= 0.3 is 6.18 Å². The molecule has 2 atom stereocenters. The molecule has 10 heteroatoms. The number of carbonyl (C=O) groups is 1. The van der Waals surface area contributed by atoms with E-state index in [1.54, 1.807) is 0 Å². The number of anilines is 1. The maximum absolute atomic E-state index is 13.7. The summed E-state index contributed by atoms with van der Waals surface area (Å²) in [6.07, 6.45) is -4.45. The number of rotatable bonds is 2. The Hall–Kier alpha value is -2.85. The Morgan fingerprint density at radius 1 is 1.13 bits per heavy atom. The molecule has 1 N–H and O–H groups in total. The Morgan fingerprint density at radius 3 is 2.55 bits per heavy atom. The third-order valence-electron chi connectivity index (χ3n) is 5.98. The Morgan fingerprint density at radius 2 is 1.84 bits per heavy atom. The minimum absolute atomic E-state index is 0.150. The summed E-state index contributed by atoms with van der Waals surface area (Å²) in [5.74, 6) is 0.743. The molecule has 0 aromatic heterocycles. The molecule has 3 heterocycles. The van der Waals surface area contributed by atoms with Gasteiger partial charge < -0.3 is 19.7 Å². The highest BCUT2D eigenvalue weighted by Gasteiger charge is 2.59. The molecule has 2 saturated heterocycles. The van der Waals surface area contributed by atoms with Gasteiger partial charge in [0, 0.05) is 19.0 Å². The minimum atomic E-state index is -4.45. The van der Waals surface area contributed by atoms with Gasteiger partial charge in [-0.15, -0.1) is 0 Å². The number of ether oxygens (including phenoxy) is 2. The van der Waals surface area contributed by atoms with Crippen LogP contribution in [0, 0.1) is 0 Å². The normalized spacial score (nSPS) is 25.5. The van der Waals surface area contributed by atoms with Gasteiger partial charge in [0.25, 0.3) is 5.91 Å². The average molecular weight is 449 g/mol. The summed E-state index contributed by atoms with van der Waals surface area (Å²) in [4.78, 5) is 17.0. The molecule has 1 amide bonds. The predicted octanol–water partition coefficient (Wildman–Crippen LogP) is 3.12. The van der Waals surface area contributed by atoms with E-state index in [1.165, 1.54) is 17.0 Å². The molecule has 2 aromatic rings. The topological polar surface area (TPSA) is 54.0 Å². The van der Waals surface area contributed by atoms with E-state index in [9.17, 15) is 18.0 Å². The highest BCUT2D eigenvalue weighted by Crippen LogP contribution is 2.44. The van der Waals surface area contributed by atoms with Crippen LogP contribution in [0.5, 0.6) is 11.5 Å². The number of hydrogen-bond acceptors (Lipinski definition) is 5. The van der Waals surface area contributed by atoms with Crippen molar-refractivity contribution in [3.63, 3.8) is 0 Å². The van der Waals surface area contributed by atoms with E-state index >= 15 is 0 Å². The number of benzene rings is 2. The van der Waals surface area contributed by atoms with Crippen LogP contribution in [0.15, 0.2) is 42.5 Å². The molecule has 6 nitrogen and oxygen atoms in total. The van der Waals surface area contributed by atoms with Crippen LogP contribution in [0.3, 0.4) is 0 Å². The first kappa shape index (κ1) is 20.1. The Labute approximate surface area is 181 Å². The molecule has 1 spiro atoms. The van der Waals surface area contributed by atoms with Crippen molar-refractivity contribution in [3.05, 3.63) is 53.6 Å². The zero-order valence-electron chi connectivity index (χ0n) is 16.4. The van der Waals surface area contributed by atoms with Crippen LogP contribution >= 0.6 is 12.2 Å². The van der Waals surface area contributed by atoms with Crippen molar-refractivity contribution in [1.29, 1.82) is 0 Å². The first-order valence-corrected chi connectivity index (χ1v) is 10.0. The molecule has 2 fully saturated rings. The third-order valence-corrected chi connectivity index (χ3v) is 6.26. The average Bonchev–Trinajstić information content (AvgIpc) is 3.37. The van der Waals surface area contributed by atoms with E-state index in [2.05, 4.69) is 5.32 Å². The fourth-order valence-electron chi connectivity index (χ4n) is 4.56. The lowest BCUT2D eigenvalue weighted by Gasteiger charge is -2.28. The molecule has 2 aromatic carbocycles. The second kappa shape index (κ2) is 6.83. The van der Waals surface area contributed by atoms with Gasteiger partial charge in [0.1, 0.15) is 5.54 Å². The molecule has 0 saturated carbocycles. The molecule has 3 aliphatic rings. The molecular weight excluding hydrogens is 431 g/mol. The van der Waals surface area contributed by atoms with Gasteiger partial charge in [-0.25, -0.2) is 0 Å². The third kappa shape index (κ3) is 3.12. The summed E-state index contributed by atoms with van der Waals surface area (Å²) in [6.45, 7) is 1.15. The summed E-state index contributed by atoms with van der Waals surface area (Å²) in [7, 11) is 1.91. The summed E-state index contributed by atoms with van der Waals surface area (Å²) in [5, 5.41) is 3.36. The molecule has 0 unspecified atom stereocenters. The fourth-order valence-corrected chi connectivity index (χ4v) is 4.93. The van der Waals surface area contributed by atoms with Crippen LogP contribution in [0.1, 0.15) is 17.0 Å². The number of hydrogen-bond donors (Lipinski definition) is 1. The maximum Gasteiger partial charge on any atom is 0.416 e. The van der Waals surface area contributed by atoms with Gasteiger partial charge in [-0.1, -0.05) is 6.07 Å². The van der Waals surface area contributed by atoms with Crippen molar-refractivity contribution < 1.29 is 27.4 Å². The van der Waals surface area contributed by atoms with Crippen molar-refractivity contribution in [2.75, 3.05) is 31.8 Å². The van der Waals surface area contributed by atoms with Crippen LogP contribution < -0.4 is 19.7 Å². The summed E-state index contributed by atoms with van der Waals surface area (Å²) in [6, 6.07) is 10.0. The fraction of sp³-hybridized carbons (Fsp3) is 0.333. The first-order chi connectivity index (χ1) is 14.7. The van der Waals surface area contributed by atoms with E-state index in [0.717, 1.165) is 17.7 Å².